The molecule has 2 aromatic rings. The van der Waals surface area contributed by atoms with E-state index in [1.807, 2.05) is 32.0 Å². The second-order valence-electron chi connectivity index (χ2n) is 6.18. The summed E-state index contributed by atoms with van der Waals surface area (Å²) in [6, 6.07) is 12.0. The largest absolute Gasteiger partial charge is 0.374 e. The number of hydrogen-bond donors (Lipinski definition) is 2. The molecule has 1 aliphatic rings. The van der Waals surface area contributed by atoms with E-state index in [0.29, 0.717) is 0 Å². The number of amides is 1. The number of carbonyl (C=O) groups is 1. The molecule has 0 radical (unpaired) electrons. The molecular formula is C19H21BrN2O. The average Bonchev–Trinajstić information content (AvgIpc) is 2.97. The average molecular weight is 373 g/mol. The summed E-state index contributed by atoms with van der Waals surface area (Å²) >= 11 is 3.49. The van der Waals surface area contributed by atoms with Gasteiger partial charge in [0.1, 0.15) is 6.04 Å². The molecule has 0 aliphatic heterocycles. The summed E-state index contributed by atoms with van der Waals surface area (Å²) in [7, 11) is 0. The van der Waals surface area contributed by atoms with Crippen LogP contribution < -0.4 is 10.6 Å². The molecule has 0 aromatic heterocycles. The van der Waals surface area contributed by atoms with Crippen LogP contribution in [0.15, 0.2) is 40.9 Å². The Labute approximate surface area is 145 Å². The molecular weight excluding hydrogens is 352 g/mol. The van der Waals surface area contributed by atoms with Gasteiger partial charge < -0.3 is 10.6 Å². The second kappa shape index (κ2) is 6.75. The lowest BCUT2D eigenvalue weighted by Gasteiger charge is -2.17. The summed E-state index contributed by atoms with van der Waals surface area (Å²) in [5.74, 6) is -0.0462. The van der Waals surface area contributed by atoms with Gasteiger partial charge in [0.25, 0.3) is 0 Å². The molecule has 0 saturated carbocycles. The number of nitrogens with one attached hydrogen (secondary N) is 2. The fraction of sp³-hybridized carbons (Fsp3) is 0.316. The maximum atomic E-state index is 12.4. The highest BCUT2D eigenvalue weighted by Crippen LogP contribution is 2.26. The SMILES string of the molecule is Cc1ccc(NC(=O)[C@H](C)Nc2ccc3c(c2)CCC3)c(Br)c1. The van der Waals surface area contributed by atoms with Gasteiger partial charge in [0.15, 0.2) is 0 Å². The first-order valence-corrected chi connectivity index (χ1v) is 8.77. The molecule has 4 heteroatoms. The molecule has 23 heavy (non-hydrogen) atoms. The van der Waals surface area contributed by atoms with Crippen LogP contribution in [0.3, 0.4) is 0 Å². The van der Waals surface area contributed by atoms with Gasteiger partial charge in [-0.15, -0.1) is 0 Å². The Balaban J connectivity index is 1.65. The molecule has 0 unspecified atom stereocenters. The van der Waals surface area contributed by atoms with Crippen LogP contribution in [0.25, 0.3) is 0 Å². The molecule has 1 amide bonds. The Morgan fingerprint density at radius 3 is 2.70 bits per heavy atom. The first-order valence-electron chi connectivity index (χ1n) is 7.98. The number of hydrogen-bond acceptors (Lipinski definition) is 2. The number of fused-ring (bicyclic) bond motifs is 1. The first-order chi connectivity index (χ1) is 11.0. The van der Waals surface area contributed by atoms with Gasteiger partial charge >= 0.3 is 0 Å². The van der Waals surface area contributed by atoms with E-state index in [4.69, 9.17) is 0 Å². The lowest BCUT2D eigenvalue weighted by Crippen LogP contribution is -2.32. The molecule has 3 rings (SSSR count). The zero-order chi connectivity index (χ0) is 16.4. The Kier molecular flexibility index (Phi) is 4.71. The Morgan fingerprint density at radius 2 is 1.91 bits per heavy atom. The number of carbonyl (C=O) groups excluding carboxylic acids is 1. The van der Waals surface area contributed by atoms with E-state index >= 15 is 0 Å². The minimum absolute atomic E-state index is 0.0462. The number of benzene rings is 2. The van der Waals surface area contributed by atoms with E-state index in [2.05, 4.69) is 44.8 Å². The zero-order valence-electron chi connectivity index (χ0n) is 13.4. The smallest absolute Gasteiger partial charge is 0.246 e. The van der Waals surface area contributed by atoms with E-state index in [1.165, 1.54) is 24.0 Å². The van der Waals surface area contributed by atoms with Crippen LogP contribution in [-0.4, -0.2) is 11.9 Å². The molecule has 0 fully saturated rings. The quantitative estimate of drug-likeness (QED) is 0.817. The van der Waals surface area contributed by atoms with Crippen molar-refractivity contribution in [3.63, 3.8) is 0 Å². The Bertz CT molecular complexity index is 742. The van der Waals surface area contributed by atoms with Gasteiger partial charge in [0, 0.05) is 10.2 Å². The van der Waals surface area contributed by atoms with Gasteiger partial charge in [-0.3, -0.25) is 4.79 Å². The van der Waals surface area contributed by atoms with Crippen LogP contribution in [-0.2, 0) is 17.6 Å². The maximum Gasteiger partial charge on any atom is 0.246 e. The first kappa shape index (κ1) is 16.1. The highest BCUT2D eigenvalue weighted by atomic mass is 79.9. The summed E-state index contributed by atoms with van der Waals surface area (Å²) in [6.45, 7) is 3.90. The summed E-state index contributed by atoms with van der Waals surface area (Å²) in [6.07, 6.45) is 3.55. The molecule has 0 saturated heterocycles. The second-order valence-corrected chi connectivity index (χ2v) is 7.03. The van der Waals surface area contributed by atoms with Crippen molar-refractivity contribution in [3.8, 4) is 0 Å². The number of rotatable bonds is 4. The molecule has 1 atom stereocenters. The third-order valence-corrected chi connectivity index (χ3v) is 4.91. The van der Waals surface area contributed by atoms with Crippen molar-refractivity contribution in [2.45, 2.75) is 39.2 Å². The van der Waals surface area contributed by atoms with Crippen LogP contribution in [0.5, 0.6) is 0 Å². The summed E-state index contributed by atoms with van der Waals surface area (Å²) in [4.78, 5) is 12.4. The van der Waals surface area contributed by atoms with Gasteiger partial charge in [-0.25, -0.2) is 0 Å². The minimum Gasteiger partial charge on any atom is -0.374 e. The molecule has 2 aromatic carbocycles. The fourth-order valence-corrected chi connectivity index (χ4v) is 3.53. The lowest BCUT2D eigenvalue weighted by molar-refractivity contribution is -0.116. The lowest BCUT2D eigenvalue weighted by atomic mass is 10.1. The molecule has 120 valence electrons. The predicted octanol–water partition coefficient (Wildman–Crippen LogP) is 4.69. The van der Waals surface area contributed by atoms with Crippen molar-refractivity contribution >= 4 is 33.2 Å². The van der Waals surface area contributed by atoms with E-state index in [9.17, 15) is 4.79 Å². The number of aryl methyl sites for hydroxylation is 3. The van der Waals surface area contributed by atoms with Crippen LogP contribution in [0.4, 0.5) is 11.4 Å². The van der Waals surface area contributed by atoms with E-state index in [0.717, 1.165) is 27.8 Å². The van der Waals surface area contributed by atoms with Crippen molar-refractivity contribution in [2.75, 3.05) is 10.6 Å². The van der Waals surface area contributed by atoms with Gasteiger partial charge in [0.05, 0.1) is 5.69 Å². The Morgan fingerprint density at radius 1 is 1.13 bits per heavy atom. The van der Waals surface area contributed by atoms with Crippen LogP contribution in [0.2, 0.25) is 0 Å². The van der Waals surface area contributed by atoms with E-state index < -0.39 is 0 Å². The summed E-state index contributed by atoms with van der Waals surface area (Å²) in [5.41, 5.74) is 5.80. The van der Waals surface area contributed by atoms with Crippen molar-refractivity contribution in [1.29, 1.82) is 0 Å². The van der Waals surface area contributed by atoms with Gasteiger partial charge in [0.2, 0.25) is 5.91 Å². The standard InChI is InChI=1S/C19H21BrN2O/c1-12-6-9-18(17(20)10-12)22-19(23)13(2)21-16-8-7-14-4-3-5-15(14)11-16/h6-11,13,21H,3-5H2,1-2H3,(H,22,23)/t13-/m0/s1. The van der Waals surface area contributed by atoms with Crippen molar-refractivity contribution in [3.05, 3.63) is 57.6 Å². The Hall–Kier alpha value is -1.81. The summed E-state index contributed by atoms with van der Waals surface area (Å²) in [5, 5.41) is 6.26. The normalized spacial score (nSPS) is 14.2. The number of anilines is 2. The fourth-order valence-electron chi connectivity index (χ4n) is 2.94. The summed E-state index contributed by atoms with van der Waals surface area (Å²) < 4.78 is 0.899. The molecule has 1 aliphatic carbocycles. The van der Waals surface area contributed by atoms with Gasteiger partial charge in [-0.1, -0.05) is 12.1 Å². The third kappa shape index (κ3) is 3.75. The molecule has 2 N–H and O–H groups in total. The monoisotopic (exact) mass is 372 g/mol. The topological polar surface area (TPSA) is 41.1 Å². The van der Waals surface area contributed by atoms with E-state index in [1.54, 1.807) is 0 Å². The molecule has 3 nitrogen and oxygen atoms in total. The molecule has 0 spiro atoms. The van der Waals surface area contributed by atoms with Crippen LogP contribution in [0, 0.1) is 6.92 Å². The van der Waals surface area contributed by atoms with Crippen molar-refractivity contribution in [2.24, 2.45) is 0 Å². The highest BCUT2D eigenvalue weighted by Gasteiger charge is 2.16. The maximum absolute atomic E-state index is 12.4. The highest BCUT2D eigenvalue weighted by molar-refractivity contribution is 9.10. The van der Waals surface area contributed by atoms with Gasteiger partial charge in [-0.2, -0.15) is 0 Å². The van der Waals surface area contributed by atoms with Crippen LogP contribution in [0.1, 0.15) is 30.0 Å². The van der Waals surface area contributed by atoms with Crippen molar-refractivity contribution in [1.82, 2.24) is 0 Å². The predicted molar refractivity (Wildman–Crippen MR) is 99.1 cm³/mol. The van der Waals surface area contributed by atoms with Crippen molar-refractivity contribution < 1.29 is 4.79 Å². The molecule has 0 bridgehead atoms. The minimum atomic E-state index is -0.303. The van der Waals surface area contributed by atoms with Gasteiger partial charge in [-0.05, 0) is 90.0 Å². The molecule has 0 heterocycles. The number of halogens is 1. The third-order valence-electron chi connectivity index (χ3n) is 4.26. The van der Waals surface area contributed by atoms with Crippen LogP contribution >= 0.6 is 15.9 Å². The van der Waals surface area contributed by atoms with E-state index in [-0.39, 0.29) is 11.9 Å². The zero-order valence-corrected chi connectivity index (χ0v) is 15.0.